The molecule has 0 amide bonds. The summed E-state index contributed by atoms with van der Waals surface area (Å²) < 4.78 is 0. The Hall–Kier alpha value is -1.22. The van der Waals surface area contributed by atoms with Crippen molar-refractivity contribution in [2.75, 3.05) is 0 Å². The molecule has 0 fully saturated rings. The Morgan fingerprint density at radius 2 is 1.35 bits per heavy atom. The van der Waals surface area contributed by atoms with Crippen molar-refractivity contribution in [1.29, 1.82) is 0 Å². The van der Waals surface area contributed by atoms with Crippen molar-refractivity contribution in [2.24, 2.45) is 10.2 Å². The fourth-order valence-corrected chi connectivity index (χ4v) is 2.62. The van der Waals surface area contributed by atoms with E-state index in [0.29, 0.717) is 5.69 Å². The number of hydrogen-bond donors (Lipinski definition) is 1. The SMILES string of the molecule is CC(C)(C)c1cccc(N=Nc2cccc3ccccc23)c1O.[Cl][Zr][Cl]. The quantitative estimate of drug-likeness (QED) is 0.388. The first-order valence-electron chi connectivity index (χ1n) is 8.06. The molecule has 0 unspecified atom stereocenters. The zero-order chi connectivity index (χ0) is 19.2. The van der Waals surface area contributed by atoms with Crippen LogP contribution in [-0.4, -0.2) is 5.11 Å². The second kappa shape index (κ2) is 9.64. The van der Waals surface area contributed by atoms with Crippen LogP contribution in [0.25, 0.3) is 10.8 Å². The molecule has 0 saturated carbocycles. The molecular formula is C20H20Cl2N2OZr. The number of para-hydroxylation sites is 1. The molecule has 0 aliphatic carbocycles. The number of fused-ring (bicyclic) bond motifs is 1. The van der Waals surface area contributed by atoms with Gasteiger partial charge in [0.05, 0.1) is 5.69 Å². The summed E-state index contributed by atoms with van der Waals surface area (Å²) in [6, 6.07) is 19.6. The van der Waals surface area contributed by atoms with Crippen molar-refractivity contribution in [2.45, 2.75) is 26.2 Å². The summed E-state index contributed by atoms with van der Waals surface area (Å²) >= 11 is -0.826. The van der Waals surface area contributed by atoms with E-state index in [1.807, 2.05) is 54.6 Å². The molecule has 0 spiro atoms. The maximum absolute atomic E-state index is 10.5. The first kappa shape index (κ1) is 21.1. The van der Waals surface area contributed by atoms with Crippen LogP contribution >= 0.6 is 17.0 Å². The molecule has 0 aliphatic heterocycles. The number of phenolic OH excluding ortho intramolecular Hbond substituents is 1. The Balaban J connectivity index is 0.000000758. The molecule has 26 heavy (non-hydrogen) atoms. The van der Waals surface area contributed by atoms with Gasteiger partial charge in [0.2, 0.25) is 0 Å². The number of aromatic hydroxyl groups is 1. The van der Waals surface area contributed by atoms with E-state index in [0.717, 1.165) is 22.0 Å². The average Bonchev–Trinajstić information content (AvgIpc) is 2.60. The van der Waals surface area contributed by atoms with Gasteiger partial charge in [-0.3, -0.25) is 0 Å². The molecule has 1 N–H and O–H groups in total. The van der Waals surface area contributed by atoms with Crippen molar-refractivity contribution in [1.82, 2.24) is 0 Å². The Morgan fingerprint density at radius 3 is 2.04 bits per heavy atom. The molecule has 0 heterocycles. The van der Waals surface area contributed by atoms with Crippen LogP contribution in [-0.2, 0) is 26.3 Å². The molecule has 3 nitrogen and oxygen atoms in total. The van der Waals surface area contributed by atoms with Crippen LogP contribution in [0.3, 0.4) is 0 Å². The van der Waals surface area contributed by atoms with Gasteiger partial charge in [-0.1, -0.05) is 69.3 Å². The van der Waals surface area contributed by atoms with Crippen LogP contribution in [0, 0.1) is 0 Å². The van der Waals surface area contributed by atoms with Crippen LogP contribution < -0.4 is 0 Å². The van der Waals surface area contributed by atoms with E-state index in [9.17, 15) is 5.11 Å². The number of halogens is 2. The van der Waals surface area contributed by atoms with Gasteiger partial charge in [0.25, 0.3) is 0 Å². The Labute approximate surface area is 172 Å². The van der Waals surface area contributed by atoms with Gasteiger partial charge in [0.1, 0.15) is 11.4 Å². The van der Waals surface area contributed by atoms with E-state index in [2.05, 4.69) is 31.0 Å². The van der Waals surface area contributed by atoms with Crippen molar-refractivity contribution in [3.8, 4) is 5.75 Å². The Kier molecular flexibility index (Phi) is 7.82. The third-order valence-corrected chi connectivity index (χ3v) is 3.85. The zero-order valence-corrected chi connectivity index (χ0v) is 18.8. The summed E-state index contributed by atoms with van der Waals surface area (Å²) in [5, 5.41) is 21.3. The predicted octanol–water partition coefficient (Wildman–Crippen LogP) is 7.63. The number of azo groups is 1. The van der Waals surface area contributed by atoms with E-state index in [-0.39, 0.29) is 11.2 Å². The van der Waals surface area contributed by atoms with E-state index >= 15 is 0 Å². The van der Waals surface area contributed by atoms with E-state index < -0.39 is 20.8 Å². The van der Waals surface area contributed by atoms with Crippen LogP contribution in [0.5, 0.6) is 5.75 Å². The fraction of sp³-hybridized carbons (Fsp3) is 0.200. The van der Waals surface area contributed by atoms with Crippen molar-refractivity contribution in [3.63, 3.8) is 0 Å². The van der Waals surface area contributed by atoms with Crippen molar-refractivity contribution >= 4 is 39.2 Å². The fourth-order valence-electron chi connectivity index (χ4n) is 2.62. The summed E-state index contributed by atoms with van der Waals surface area (Å²) in [6.45, 7) is 6.19. The second-order valence-corrected chi connectivity index (χ2v) is 10.4. The Morgan fingerprint density at radius 1 is 0.808 bits per heavy atom. The molecule has 0 saturated heterocycles. The third-order valence-electron chi connectivity index (χ3n) is 3.85. The topological polar surface area (TPSA) is 45.0 Å². The third kappa shape index (κ3) is 5.39. The van der Waals surface area contributed by atoms with Gasteiger partial charge in [0, 0.05) is 10.9 Å². The molecule has 0 bridgehead atoms. The van der Waals surface area contributed by atoms with Crippen LogP contribution in [0.2, 0.25) is 0 Å². The number of rotatable bonds is 2. The molecule has 0 atom stereocenters. The van der Waals surface area contributed by atoms with E-state index in [4.69, 9.17) is 17.0 Å². The summed E-state index contributed by atoms with van der Waals surface area (Å²) in [5.41, 5.74) is 2.01. The minimum absolute atomic E-state index is 0.144. The number of benzene rings is 3. The van der Waals surface area contributed by atoms with Gasteiger partial charge in [-0.25, -0.2) is 0 Å². The molecule has 0 aliphatic rings. The standard InChI is InChI=1S/C20H20N2O.2ClH.Zr/c1-20(2,3)16-11-7-13-18(19(16)23)22-21-17-12-6-9-14-8-4-5-10-15(14)17;;;/h4-13,23H,1-3H3;2*1H;/q;;;+2/p-2. The molecular weight excluding hydrogens is 446 g/mol. The maximum atomic E-state index is 10.5. The van der Waals surface area contributed by atoms with E-state index in [1.54, 1.807) is 6.07 Å². The first-order chi connectivity index (χ1) is 12.4. The molecule has 3 rings (SSSR count). The van der Waals surface area contributed by atoms with Crippen molar-refractivity contribution < 1.29 is 26.0 Å². The summed E-state index contributed by atoms with van der Waals surface area (Å²) in [6.07, 6.45) is 0. The van der Waals surface area contributed by atoms with Crippen LogP contribution in [0.1, 0.15) is 26.3 Å². The van der Waals surface area contributed by atoms with Gasteiger partial charge in [-0.2, -0.15) is 0 Å². The van der Waals surface area contributed by atoms with Gasteiger partial charge in [-0.15, -0.1) is 10.2 Å². The van der Waals surface area contributed by atoms with Crippen LogP contribution in [0.15, 0.2) is 70.9 Å². The van der Waals surface area contributed by atoms with Crippen molar-refractivity contribution in [3.05, 3.63) is 66.2 Å². The zero-order valence-electron chi connectivity index (χ0n) is 14.9. The monoisotopic (exact) mass is 464 g/mol. The Bertz CT molecular complexity index is 902. The van der Waals surface area contributed by atoms with Gasteiger partial charge >= 0.3 is 37.9 Å². The molecule has 3 aromatic rings. The van der Waals surface area contributed by atoms with Gasteiger partial charge in [0.15, 0.2) is 0 Å². The molecule has 0 radical (unpaired) electrons. The summed E-state index contributed by atoms with van der Waals surface area (Å²) in [4.78, 5) is 0. The number of nitrogens with zero attached hydrogens (tertiary/aromatic N) is 2. The van der Waals surface area contributed by atoms with E-state index in [1.165, 1.54) is 0 Å². The molecule has 0 aromatic heterocycles. The molecule has 3 aromatic carbocycles. The molecule has 6 heteroatoms. The van der Waals surface area contributed by atoms with Crippen LogP contribution in [0.4, 0.5) is 11.4 Å². The summed E-state index contributed by atoms with van der Waals surface area (Å²) in [5.74, 6) is 0.198. The molecule has 134 valence electrons. The van der Waals surface area contributed by atoms with Gasteiger partial charge < -0.3 is 5.11 Å². The number of hydrogen-bond acceptors (Lipinski definition) is 3. The predicted molar refractivity (Wildman–Crippen MR) is 107 cm³/mol. The second-order valence-electron chi connectivity index (χ2n) is 6.69. The first-order valence-corrected chi connectivity index (χ1v) is 14.4. The normalized spacial score (nSPS) is 11.3. The summed E-state index contributed by atoms with van der Waals surface area (Å²) in [7, 11) is 9.87. The minimum atomic E-state index is -0.826. The average molecular weight is 467 g/mol. The number of phenols is 1. The van der Waals surface area contributed by atoms with Gasteiger partial charge in [-0.05, 0) is 22.9 Å².